The van der Waals surface area contributed by atoms with Gasteiger partial charge in [0.1, 0.15) is 0 Å². The molecule has 1 unspecified atom stereocenters. The molecule has 0 saturated heterocycles. The van der Waals surface area contributed by atoms with Crippen molar-refractivity contribution in [3.05, 3.63) is 46.5 Å². The molecule has 2 aromatic rings. The predicted octanol–water partition coefficient (Wildman–Crippen LogP) is 3.69. The van der Waals surface area contributed by atoms with Crippen molar-refractivity contribution in [2.45, 2.75) is 19.9 Å². The summed E-state index contributed by atoms with van der Waals surface area (Å²) in [4.78, 5) is 0. The molecular weight excluding hydrogens is 253 g/mol. The van der Waals surface area contributed by atoms with E-state index in [0.29, 0.717) is 5.69 Å². The second kappa shape index (κ2) is 4.98. The number of rotatable bonds is 3. The van der Waals surface area contributed by atoms with E-state index >= 15 is 0 Å². The molecular formula is C13H15ClFN3. The number of anilines is 1. The fourth-order valence-corrected chi connectivity index (χ4v) is 2.14. The molecule has 96 valence electrons. The lowest BCUT2D eigenvalue weighted by Crippen LogP contribution is -2.08. The van der Waals surface area contributed by atoms with Crippen molar-refractivity contribution in [1.82, 2.24) is 9.78 Å². The van der Waals surface area contributed by atoms with Crippen molar-refractivity contribution in [3.63, 3.8) is 0 Å². The lowest BCUT2D eigenvalue weighted by molar-refractivity contribution is 0.628. The van der Waals surface area contributed by atoms with Crippen LogP contribution < -0.4 is 5.32 Å². The van der Waals surface area contributed by atoms with Crippen LogP contribution in [0.2, 0.25) is 5.02 Å². The van der Waals surface area contributed by atoms with Crippen molar-refractivity contribution in [1.29, 1.82) is 0 Å². The zero-order chi connectivity index (χ0) is 13.3. The van der Waals surface area contributed by atoms with Gasteiger partial charge < -0.3 is 5.32 Å². The van der Waals surface area contributed by atoms with E-state index in [2.05, 4.69) is 10.4 Å². The molecule has 18 heavy (non-hydrogen) atoms. The number of aromatic nitrogens is 2. The standard InChI is InChI=1S/C13H15ClFN3/c1-8(10-7-18(3)17-9(10)2)16-12-6-4-5-11(14)13(12)15/h4-8,16H,1-3H3. The molecule has 1 aromatic carbocycles. The van der Waals surface area contributed by atoms with Gasteiger partial charge in [-0.25, -0.2) is 4.39 Å². The van der Waals surface area contributed by atoms with Crippen molar-refractivity contribution < 1.29 is 4.39 Å². The summed E-state index contributed by atoms with van der Waals surface area (Å²) < 4.78 is 15.5. The summed E-state index contributed by atoms with van der Waals surface area (Å²) in [6, 6.07) is 4.88. The number of aryl methyl sites for hydroxylation is 2. The van der Waals surface area contributed by atoms with Crippen molar-refractivity contribution in [3.8, 4) is 0 Å². The molecule has 0 bridgehead atoms. The van der Waals surface area contributed by atoms with E-state index in [1.807, 2.05) is 27.1 Å². The van der Waals surface area contributed by atoms with Crippen LogP contribution in [-0.2, 0) is 7.05 Å². The molecule has 0 fully saturated rings. The second-order valence-electron chi connectivity index (χ2n) is 4.31. The highest BCUT2D eigenvalue weighted by atomic mass is 35.5. The number of hydrogen-bond acceptors (Lipinski definition) is 2. The van der Waals surface area contributed by atoms with E-state index in [4.69, 9.17) is 11.6 Å². The Bertz CT molecular complexity index is 565. The number of halogens is 2. The van der Waals surface area contributed by atoms with E-state index in [1.165, 1.54) is 6.07 Å². The quantitative estimate of drug-likeness (QED) is 0.919. The van der Waals surface area contributed by atoms with Gasteiger partial charge in [-0.05, 0) is 26.0 Å². The molecule has 0 radical (unpaired) electrons. The Hall–Kier alpha value is -1.55. The first-order valence-corrected chi connectivity index (χ1v) is 6.07. The normalized spacial score (nSPS) is 12.5. The van der Waals surface area contributed by atoms with Crippen LogP contribution in [0.1, 0.15) is 24.2 Å². The second-order valence-corrected chi connectivity index (χ2v) is 4.72. The maximum Gasteiger partial charge on any atom is 0.164 e. The largest absolute Gasteiger partial charge is 0.376 e. The van der Waals surface area contributed by atoms with Gasteiger partial charge in [-0.15, -0.1) is 0 Å². The van der Waals surface area contributed by atoms with Crippen molar-refractivity contribution in [2.75, 3.05) is 5.32 Å². The van der Waals surface area contributed by atoms with Crippen molar-refractivity contribution in [2.24, 2.45) is 7.05 Å². The molecule has 1 N–H and O–H groups in total. The Morgan fingerprint density at radius 1 is 1.44 bits per heavy atom. The Labute approximate surface area is 111 Å². The minimum atomic E-state index is -0.424. The fourth-order valence-electron chi connectivity index (χ4n) is 1.97. The van der Waals surface area contributed by atoms with E-state index < -0.39 is 5.82 Å². The molecule has 1 heterocycles. The SMILES string of the molecule is Cc1nn(C)cc1C(C)Nc1cccc(Cl)c1F. The van der Waals surface area contributed by atoms with Crippen molar-refractivity contribution >= 4 is 17.3 Å². The molecule has 5 heteroatoms. The average molecular weight is 268 g/mol. The van der Waals surface area contributed by atoms with Crippen LogP contribution in [0.3, 0.4) is 0 Å². The third-order valence-corrected chi connectivity index (χ3v) is 3.13. The first-order chi connectivity index (χ1) is 8.49. The summed E-state index contributed by atoms with van der Waals surface area (Å²) >= 11 is 5.75. The monoisotopic (exact) mass is 267 g/mol. The van der Waals surface area contributed by atoms with E-state index in [-0.39, 0.29) is 11.1 Å². The maximum absolute atomic E-state index is 13.8. The zero-order valence-corrected chi connectivity index (χ0v) is 11.3. The van der Waals surface area contributed by atoms with Crippen LogP contribution in [0.4, 0.5) is 10.1 Å². The molecule has 0 saturated carbocycles. The first-order valence-electron chi connectivity index (χ1n) is 5.69. The summed E-state index contributed by atoms with van der Waals surface area (Å²) in [5.41, 5.74) is 2.37. The van der Waals surface area contributed by atoms with Gasteiger partial charge in [0.05, 0.1) is 22.4 Å². The molecule has 0 amide bonds. The first kappa shape index (κ1) is 12.9. The van der Waals surface area contributed by atoms with Crippen LogP contribution in [0.5, 0.6) is 0 Å². The average Bonchev–Trinajstić information content (AvgIpc) is 2.64. The minimum Gasteiger partial charge on any atom is -0.376 e. The van der Waals surface area contributed by atoms with Crippen LogP contribution in [-0.4, -0.2) is 9.78 Å². The number of nitrogens with zero attached hydrogens (tertiary/aromatic N) is 2. The Balaban J connectivity index is 2.24. The maximum atomic E-state index is 13.8. The zero-order valence-electron chi connectivity index (χ0n) is 10.5. The summed E-state index contributed by atoms with van der Waals surface area (Å²) in [6.45, 7) is 3.90. The van der Waals surface area contributed by atoms with Crippen LogP contribution in [0.15, 0.2) is 24.4 Å². The van der Waals surface area contributed by atoms with Gasteiger partial charge in [-0.1, -0.05) is 17.7 Å². The highest BCUT2D eigenvalue weighted by Crippen LogP contribution is 2.26. The summed E-state index contributed by atoms with van der Waals surface area (Å²) in [6.07, 6.45) is 1.93. The highest BCUT2D eigenvalue weighted by molar-refractivity contribution is 6.31. The van der Waals surface area contributed by atoms with Gasteiger partial charge in [-0.3, -0.25) is 4.68 Å². The minimum absolute atomic E-state index is 0.0355. The highest BCUT2D eigenvalue weighted by Gasteiger charge is 2.14. The lowest BCUT2D eigenvalue weighted by atomic mass is 10.1. The molecule has 1 aromatic heterocycles. The Morgan fingerprint density at radius 2 is 2.17 bits per heavy atom. The third-order valence-electron chi connectivity index (χ3n) is 2.84. The molecule has 0 spiro atoms. The van der Waals surface area contributed by atoms with Gasteiger partial charge >= 0.3 is 0 Å². The molecule has 1 atom stereocenters. The lowest BCUT2D eigenvalue weighted by Gasteiger charge is -2.15. The number of hydrogen-bond donors (Lipinski definition) is 1. The fraction of sp³-hybridized carbons (Fsp3) is 0.308. The molecule has 0 aliphatic carbocycles. The van der Waals surface area contributed by atoms with Crippen LogP contribution in [0.25, 0.3) is 0 Å². The van der Waals surface area contributed by atoms with Gasteiger partial charge in [0.25, 0.3) is 0 Å². The summed E-state index contributed by atoms with van der Waals surface area (Å²) in [7, 11) is 1.86. The summed E-state index contributed by atoms with van der Waals surface area (Å²) in [5.74, 6) is -0.424. The van der Waals surface area contributed by atoms with Crippen LogP contribution >= 0.6 is 11.6 Å². The van der Waals surface area contributed by atoms with Gasteiger partial charge in [0.15, 0.2) is 5.82 Å². The van der Waals surface area contributed by atoms with E-state index in [0.717, 1.165) is 11.3 Å². The molecule has 3 nitrogen and oxygen atoms in total. The summed E-state index contributed by atoms with van der Waals surface area (Å²) in [5, 5.41) is 7.50. The molecule has 2 rings (SSSR count). The molecule has 0 aliphatic heterocycles. The number of nitrogens with one attached hydrogen (secondary N) is 1. The smallest absolute Gasteiger partial charge is 0.164 e. The van der Waals surface area contributed by atoms with Gasteiger partial charge in [0.2, 0.25) is 0 Å². The number of benzene rings is 1. The Morgan fingerprint density at radius 3 is 2.78 bits per heavy atom. The molecule has 0 aliphatic rings. The topological polar surface area (TPSA) is 29.9 Å². The van der Waals surface area contributed by atoms with Crippen LogP contribution in [0, 0.1) is 12.7 Å². The Kier molecular flexibility index (Phi) is 3.57. The van der Waals surface area contributed by atoms with E-state index in [1.54, 1.807) is 16.8 Å². The van der Waals surface area contributed by atoms with Gasteiger partial charge in [0, 0.05) is 18.8 Å². The van der Waals surface area contributed by atoms with E-state index in [9.17, 15) is 4.39 Å². The predicted molar refractivity (Wildman–Crippen MR) is 71.4 cm³/mol. The van der Waals surface area contributed by atoms with Gasteiger partial charge in [-0.2, -0.15) is 5.10 Å². The third kappa shape index (κ3) is 2.48.